The molecule has 0 saturated carbocycles. The van der Waals surface area contributed by atoms with E-state index in [0.29, 0.717) is 18.7 Å². The van der Waals surface area contributed by atoms with Crippen molar-refractivity contribution in [3.63, 3.8) is 0 Å². The molecule has 4 heteroatoms. The fourth-order valence-corrected chi connectivity index (χ4v) is 1.62. The fraction of sp³-hybridized carbons (Fsp3) is 0.500. The van der Waals surface area contributed by atoms with Crippen molar-refractivity contribution < 1.29 is 9.53 Å². The largest absolute Gasteiger partial charge is 0.387 e. The zero-order chi connectivity index (χ0) is 13.5. The molecule has 18 heavy (non-hydrogen) atoms. The molecule has 0 aliphatic heterocycles. The van der Waals surface area contributed by atoms with Crippen LogP contribution in [0.25, 0.3) is 0 Å². The highest BCUT2D eigenvalue weighted by atomic mass is 16.5. The monoisotopic (exact) mass is 250 g/mol. The molecule has 0 heterocycles. The van der Waals surface area contributed by atoms with Gasteiger partial charge in [-0.15, -0.1) is 0 Å². The summed E-state index contributed by atoms with van der Waals surface area (Å²) in [6, 6.07) is 7.50. The van der Waals surface area contributed by atoms with Crippen LogP contribution in [0.5, 0.6) is 0 Å². The number of hydrogen-bond donors (Lipinski definition) is 1. The van der Waals surface area contributed by atoms with E-state index < -0.39 is 0 Å². The topological polar surface area (TPSA) is 41.6 Å². The molecule has 0 fully saturated rings. The Kier molecular flexibility index (Phi) is 5.65. The number of anilines is 1. The van der Waals surface area contributed by atoms with E-state index in [0.717, 1.165) is 5.69 Å². The van der Waals surface area contributed by atoms with E-state index in [1.165, 1.54) is 0 Å². The van der Waals surface area contributed by atoms with Gasteiger partial charge in [-0.2, -0.15) is 0 Å². The summed E-state index contributed by atoms with van der Waals surface area (Å²) in [4.78, 5) is 13.9. The van der Waals surface area contributed by atoms with Crippen LogP contribution in [0.15, 0.2) is 24.3 Å². The average Bonchev–Trinajstić information content (AvgIpc) is 2.37. The minimum Gasteiger partial charge on any atom is -0.387 e. The van der Waals surface area contributed by atoms with Crippen LogP contribution in [0, 0.1) is 0 Å². The van der Waals surface area contributed by atoms with Crippen molar-refractivity contribution >= 4 is 11.6 Å². The summed E-state index contributed by atoms with van der Waals surface area (Å²) < 4.78 is 5.45. The number of nitrogens with zero attached hydrogens (tertiary/aromatic N) is 1. The zero-order valence-corrected chi connectivity index (χ0v) is 11.6. The number of carbonyl (C=O) groups excluding carboxylic acids is 1. The number of ether oxygens (including phenoxy) is 1. The molecule has 0 atom stereocenters. The summed E-state index contributed by atoms with van der Waals surface area (Å²) in [5.41, 5.74) is 1.53. The Labute approximate surface area is 109 Å². The third-order valence-corrected chi connectivity index (χ3v) is 2.65. The molecule has 0 aliphatic carbocycles. The van der Waals surface area contributed by atoms with Gasteiger partial charge in [0.05, 0.1) is 18.3 Å². The molecule has 0 saturated heterocycles. The first-order valence-electron chi connectivity index (χ1n) is 6.20. The predicted octanol–water partition coefficient (Wildman–Crippen LogP) is 2.23. The molecule has 0 spiro atoms. The predicted molar refractivity (Wildman–Crippen MR) is 74.0 cm³/mol. The summed E-state index contributed by atoms with van der Waals surface area (Å²) >= 11 is 0. The van der Waals surface area contributed by atoms with E-state index in [1.54, 1.807) is 11.9 Å². The van der Waals surface area contributed by atoms with Gasteiger partial charge in [-0.3, -0.25) is 4.79 Å². The Hall–Kier alpha value is -1.55. The zero-order valence-electron chi connectivity index (χ0n) is 11.6. The van der Waals surface area contributed by atoms with Gasteiger partial charge in [0, 0.05) is 26.3 Å². The first-order valence-corrected chi connectivity index (χ1v) is 6.20. The number of benzene rings is 1. The molecule has 1 N–H and O–H groups in total. The van der Waals surface area contributed by atoms with Crippen LogP contribution in [0.4, 0.5) is 5.69 Å². The summed E-state index contributed by atoms with van der Waals surface area (Å²) in [6.45, 7) is 5.12. The van der Waals surface area contributed by atoms with Crippen LogP contribution in [0.1, 0.15) is 24.2 Å². The number of amides is 1. The molecular weight excluding hydrogens is 228 g/mol. The van der Waals surface area contributed by atoms with Crippen LogP contribution in [0.3, 0.4) is 0 Å². The van der Waals surface area contributed by atoms with Crippen LogP contribution < -0.4 is 5.32 Å². The lowest BCUT2D eigenvalue weighted by Crippen LogP contribution is -2.31. The second-order valence-corrected chi connectivity index (χ2v) is 4.44. The number of para-hydroxylation sites is 1. The van der Waals surface area contributed by atoms with Crippen molar-refractivity contribution in [1.29, 1.82) is 0 Å². The molecule has 100 valence electrons. The standard InChI is InChI=1S/C14H22N2O2/c1-11(2)18-10-9-16(4)14(17)12-7-5-6-8-13(12)15-3/h5-8,11,15H,9-10H2,1-4H3. The quantitative estimate of drug-likeness (QED) is 0.841. The molecule has 1 rings (SSSR count). The molecule has 0 aliphatic rings. The number of carbonyl (C=O) groups is 1. The first kappa shape index (κ1) is 14.5. The minimum absolute atomic E-state index is 0.00676. The molecule has 0 radical (unpaired) electrons. The van der Waals surface area contributed by atoms with Gasteiger partial charge in [0.25, 0.3) is 5.91 Å². The Balaban J connectivity index is 2.62. The van der Waals surface area contributed by atoms with Crippen molar-refractivity contribution in [2.75, 3.05) is 32.6 Å². The van der Waals surface area contributed by atoms with E-state index in [1.807, 2.05) is 45.2 Å². The number of nitrogens with one attached hydrogen (secondary N) is 1. The van der Waals surface area contributed by atoms with E-state index >= 15 is 0 Å². The molecule has 1 amide bonds. The van der Waals surface area contributed by atoms with Gasteiger partial charge in [-0.1, -0.05) is 12.1 Å². The van der Waals surface area contributed by atoms with Crippen molar-refractivity contribution in [2.24, 2.45) is 0 Å². The summed E-state index contributed by atoms with van der Waals surface area (Å²) in [6.07, 6.45) is 0.193. The van der Waals surface area contributed by atoms with Crippen LogP contribution in [0.2, 0.25) is 0 Å². The van der Waals surface area contributed by atoms with Gasteiger partial charge < -0.3 is 15.0 Å². The van der Waals surface area contributed by atoms with Gasteiger partial charge in [-0.25, -0.2) is 0 Å². The Morgan fingerprint density at radius 3 is 2.67 bits per heavy atom. The highest BCUT2D eigenvalue weighted by Crippen LogP contribution is 2.15. The summed E-state index contributed by atoms with van der Waals surface area (Å²) in [5.74, 6) is 0.00676. The molecule has 1 aromatic rings. The van der Waals surface area contributed by atoms with Crippen LogP contribution in [-0.2, 0) is 4.74 Å². The van der Waals surface area contributed by atoms with Crippen molar-refractivity contribution in [2.45, 2.75) is 20.0 Å². The molecular formula is C14H22N2O2. The van der Waals surface area contributed by atoms with E-state index in [4.69, 9.17) is 4.74 Å². The third kappa shape index (κ3) is 4.04. The van der Waals surface area contributed by atoms with Crippen molar-refractivity contribution in [3.05, 3.63) is 29.8 Å². The lowest BCUT2D eigenvalue weighted by Gasteiger charge is -2.19. The SMILES string of the molecule is CNc1ccccc1C(=O)N(C)CCOC(C)C. The van der Waals surface area contributed by atoms with Crippen molar-refractivity contribution in [1.82, 2.24) is 4.90 Å². The lowest BCUT2D eigenvalue weighted by molar-refractivity contribution is 0.0532. The average molecular weight is 250 g/mol. The van der Waals surface area contributed by atoms with Gasteiger partial charge in [-0.05, 0) is 26.0 Å². The highest BCUT2D eigenvalue weighted by Gasteiger charge is 2.14. The number of rotatable bonds is 6. The number of hydrogen-bond acceptors (Lipinski definition) is 3. The molecule has 1 aromatic carbocycles. The molecule has 4 nitrogen and oxygen atoms in total. The normalized spacial score (nSPS) is 10.5. The van der Waals surface area contributed by atoms with E-state index in [-0.39, 0.29) is 12.0 Å². The van der Waals surface area contributed by atoms with Gasteiger partial charge in [0.1, 0.15) is 0 Å². The van der Waals surface area contributed by atoms with Gasteiger partial charge in [0.15, 0.2) is 0 Å². The minimum atomic E-state index is 0.00676. The van der Waals surface area contributed by atoms with Crippen LogP contribution in [-0.4, -0.2) is 44.2 Å². The third-order valence-electron chi connectivity index (χ3n) is 2.65. The second kappa shape index (κ2) is 7.01. The van der Waals surface area contributed by atoms with E-state index in [9.17, 15) is 4.79 Å². The maximum Gasteiger partial charge on any atom is 0.255 e. The Morgan fingerprint density at radius 2 is 2.06 bits per heavy atom. The van der Waals surface area contributed by atoms with Crippen LogP contribution >= 0.6 is 0 Å². The maximum atomic E-state index is 12.2. The first-order chi connectivity index (χ1) is 8.56. The molecule has 0 unspecified atom stereocenters. The Morgan fingerprint density at radius 1 is 1.39 bits per heavy atom. The lowest BCUT2D eigenvalue weighted by atomic mass is 10.1. The number of likely N-dealkylation sites (N-methyl/N-ethyl adjacent to an activating group) is 1. The van der Waals surface area contributed by atoms with Gasteiger partial charge >= 0.3 is 0 Å². The fourth-order valence-electron chi connectivity index (χ4n) is 1.62. The summed E-state index contributed by atoms with van der Waals surface area (Å²) in [7, 11) is 3.60. The maximum absolute atomic E-state index is 12.2. The highest BCUT2D eigenvalue weighted by molar-refractivity contribution is 5.99. The second-order valence-electron chi connectivity index (χ2n) is 4.44. The van der Waals surface area contributed by atoms with Gasteiger partial charge in [0.2, 0.25) is 0 Å². The molecule has 0 bridgehead atoms. The van der Waals surface area contributed by atoms with Crippen molar-refractivity contribution in [3.8, 4) is 0 Å². The molecule has 0 aromatic heterocycles. The van der Waals surface area contributed by atoms with E-state index in [2.05, 4.69) is 5.32 Å². The summed E-state index contributed by atoms with van der Waals surface area (Å²) in [5, 5.41) is 3.03. The Bertz CT molecular complexity index is 391. The smallest absolute Gasteiger partial charge is 0.255 e.